The largest absolute Gasteiger partial charge is 0.497 e. The Kier molecular flexibility index (Phi) is 6.41. The lowest BCUT2D eigenvalue weighted by atomic mass is 10.2. The van der Waals surface area contributed by atoms with Crippen molar-refractivity contribution < 1.29 is 19.1 Å². The van der Waals surface area contributed by atoms with Crippen LogP contribution in [0.5, 0.6) is 11.5 Å². The predicted octanol–water partition coefficient (Wildman–Crippen LogP) is 3.14. The molecule has 0 heterocycles. The third-order valence-electron chi connectivity index (χ3n) is 3.49. The normalized spacial score (nSPS) is 10.1. The molecule has 0 radical (unpaired) electrons. The van der Waals surface area contributed by atoms with Crippen LogP contribution in [-0.4, -0.2) is 32.6 Å². The van der Waals surface area contributed by atoms with Crippen molar-refractivity contribution in [2.24, 2.45) is 0 Å². The van der Waals surface area contributed by atoms with Crippen LogP contribution in [0.3, 0.4) is 0 Å². The summed E-state index contributed by atoms with van der Waals surface area (Å²) in [5, 5.41) is 5.35. The summed E-state index contributed by atoms with van der Waals surface area (Å²) in [5.74, 6) is 0.299. The van der Waals surface area contributed by atoms with Gasteiger partial charge in [0, 0.05) is 21.8 Å². The quantitative estimate of drug-likeness (QED) is 0.772. The van der Waals surface area contributed by atoms with E-state index >= 15 is 0 Å². The summed E-state index contributed by atoms with van der Waals surface area (Å²) in [6.07, 6.45) is 0. The van der Waals surface area contributed by atoms with E-state index < -0.39 is 0 Å². The molecule has 25 heavy (non-hydrogen) atoms. The van der Waals surface area contributed by atoms with E-state index in [0.717, 1.165) is 10.0 Å². The lowest BCUT2D eigenvalue weighted by Crippen LogP contribution is -2.33. The van der Waals surface area contributed by atoms with Gasteiger partial charge in [0.2, 0.25) is 5.91 Å². The molecule has 2 N–H and O–H groups in total. The Balaban J connectivity index is 1.98. The first-order chi connectivity index (χ1) is 11.9. The van der Waals surface area contributed by atoms with E-state index in [1.165, 1.54) is 14.2 Å². The van der Waals surface area contributed by atoms with Gasteiger partial charge in [-0.15, -0.1) is 0 Å². The van der Waals surface area contributed by atoms with E-state index in [4.69, 9.17) is 9.47 Å². The molecule has 0 saturated heterocycles. The van der Waals surface area contributed by atoms with E-state index in [1.807, 2.05) is 19.1 Å². The van der Waals surface area contributed by atoms with Crippen LogP contribution in [0.1, 0.15) is 15.9 Å². The summed E-state index contributed by atoms with van der Waals surface area (Å²) in [4.78, 5) is 24.3. The van der Waals surface area contributed by atoms with Crippen molar-refractivity contribution in [2.75, 3.05) is 26.1 Å². The molecule has 132 valence electrons. The van der Waals surface area contributed by atoms with Gasteiger partial charge in [-0.05, 0) is 42.8 Å². The first-order valence-corrected chi connectivity index (χ1v) is 8.29. The minimum Gasteiger partial charge on any atom is -0.497 e. The highest BCUT2D eigenvalue weighted by molar-refractivity contribution is 9.10. The van der Waals surface area contributed by atoms with Gasteiger partial charge in [-0.3, -0.25) is 9.59 Å². The van der Waals surface area contributed by atoms with Gasteiger partial charge in [0.1, 0.15) is 11.5 Å². The number of aryl methyl sites for hydroxylation is 1. The zero-order valence-corrected chi connectivity index (χ0v) is 15.8. The molecule has 2 rings (SSSR count). The van der Waals surface area contributed by atoms with Crippen LogP contribution < -0.4 is 20.1 Å². The highest BCUT2D eigenvalue weighted by Gasteiger charge is 2.12. The van der Waals surface area contributed by atoms with E-state index in [2.05, 4.69) is 26.6 Å². The molecule has 2 aromatic carbocycles. The number of hydrogen-bond donors (Lipinski definition) is 2. The fraction of sp³-hybridized carbons (Fsp3) is 0.222. The number of carbonyl (C=O) groups excluding carboxylic acids is 2. The number of ether oxygens (including phenoxy) is 2. The number of hydrogen-bond acceptors (Lipinski definition) is 4. The van der Waals surface area contributed by atoms with Crippen molar-refractivity contribution >= 4 is 33.4 Å². The summed E-state index contributed by atoms with van der Waals surface area (Å²) < 4.78 is 11.2. The highest BCUT2D eigenvalue weighted by atomic mass is 79.9. The highest BCUT2D eigenvalue weighted by Crippen LogP contribution is 2.22. The number of nitrogens with one attached hydrogen (secondary N) is 2. The molecule has 0 aliphatic rings. The predicted molar refractivity (Wildman–Crippen MR) is 99.4 cm³/mol. The maximum atomic E-state index is 12.2. The van der Waals surface area contributed by atoms with Gasteiger partial charge in [-0.2, -0.15) is 0 Å². The van der Waals surface area contributed by atoms with E-state index in [1.54, 1.807) is 24.3 Å². The van der Waals surface area contributed by atoms with Crippen molar-refractivity contribution in [1.82, 2.24) is 5.32 Å². The minimum absolute atomic E-state index is 0.145. The lowest BCUT2D eigenvalue weighted by molar-refractivity contribution is -0.115. The van der Waals surface area contributed by atoms with Crippen molar-refractivity contribution in [2.45, 2.75) is 6.92 Å². The molecule has 7 heteroatoms. The van der Waals surface area contributed by atoms with Crippen molar-refractivity contribution in [3.63, 3.8) is 0 Å². The topological polar surface area (TPSA) is 76.7 Å². The summed E-state index contributed by atoms with van der Waals surface area (Å²) >= 11 is 3.37. The number of methoxy groups -OCH3 is 2. The zero-order valence-electron chi connectivity index (χ0n) is 14.2. The van der Waals surface area contributed by atoms with Gasteiger partial charge in [-0.1, -0.05) is 15.9 Å². The monoisotopic (exact) mass is 406 g/mol. The Bertz CT molecular complexity index is 770. The van der Waals surface area contributed by atoms with Crippen LogP contribution in [0.2, 0.25) is 0 Å². The molecule has 0 atom stereocenters. The molecular formula is C18H19BrN2O4. The second kappa shape index (κ2) is 8.53. The Morgan fingerprint density at radius 1 is 1.04 bits per heavy atom. The fourth-order valence-corrected chi connectivity index (χ4v) is 2.64. The van der Waals surface area contributed by atoms with Gasteiger partial charge in [0.05, 0.1) is 20.8 Å². The summed E-state index contributed by atoms with van der Waals surface area (Å²) in [6.45, 7) is 1.75. The van der Waals surface area contributed by atoms with E-state index in [-0.39, 0.29) is 18.4 Å². The third kappa shape index (κ3) is 5.22. The van der Waals surface area contributed by atoms with Crippen LogP contribution in [0, 0.1) is 6.92 Å². The van der Waals surface area contributed by atoms with Gasteiger partial charge in [0.25, 0.3) is 5.91 Å². The van der Waals surface area contributed by atoms with Crippen LogP contribution >= 0.6 is 15.9 Å². The molecule has 0 aliphatic carbocycles. The van der Waals surface area contributed by atoms with Crippen LogP contribution in [0.25, 0.3) is 0 Å². The average Bonchev–Trinajstić information content (AvgIpc) is 2.61. The average molecular weight is 407 g/mol. The first-order valence-electron chi connectivity index (χ1n) is 7.50. The SMILES string of the molecule is COc1cc(OC)cc(C(=O)NCC(=O)Nc2ccc(Br)cc2C)c1. The number of amides is 2. The van der Waals surface area contributed by atoms with Crippen LogP contribution in [-0.2, 0) is 4.79 Å². The Hall–Kier alpha value is -2.54. The van der Waals surface area contributed by atoms with Crippen LogP contribution in [0.4, 0.5) is 5.69 Å². The fourth-order valence-electron chi connectivity index (χ4n) is 2.16. The smallest absolute Gasteiger partial charge is 0.251 e. The molecule has 0 fully saturated rings. The Morgan fingerprint density at radius 3 is 2.24 bits per heavy atom. The minimum atomic E-state index is -0.389. The number of anilines is 1. The number of benzene rings is 2. The zero-order chi connectivity index (χ0) is 18.4. The third-order valence-corrected chi connectivity index (χ3v) is 3.98. The van der Waals surface area contributed by atoms with Gasteiger partial charge < -0.3 is 20.1 Å². The molecule has 2 aromatic rings. The molecule has 0 aromatic heterocycles. The lowest BCUT2D eigenvalue weighted by Gasteiger charge is -2.11. The van der Waals surface area contributed by atoms with E-state index in [0.29, 0.717) is 22.7 Å². The van der Waals surface area contributed by atoms with E-state index in [9.17, 15) is 9.59 Å². The number of halogens is 1. The van der Waals surface area contributed by atoms with Crippen molar-refractivity contribution in [1.29, 1.82) is 0 Å². The molecular weight excluding hydrogens is 388 g/mol. The molecule has 0 saturated carbocycles. The number of rotatable bonds is 6. The standard InChI is InChI=1S/C18H19BrN2O4/c1-11-6-13(19)4-5-16(11)21-17(22)10-20-18(23)12-7-14(24-2)9-15(8-12)25-3/h4-9H,10H2,1-3H3,(H,20,23)(H,21,22). The second-order valence-electron chi connectivity index (χ2n) is 5.29. The molecule has 0 spiro atoms. The van der Waals surface area contributed by atoms with Gasteiger partial charge in [-0.25, -0.2) is 0 Å². The maximum Gasteiger partial charge on any atom is 0.251 e. The first kappa shape index (κ1) is 18.8. The van der Waals surface area contributed by atoms with Crippen molar-refractivity contribution in [3.05, 3.63) is 52.0 Å². The maximum absolute atomic E-state index is 12.2. The summed E-state index contributed by atoms with van der Waals surface area (Å²) in [5.41, 5.74) is 1.97. The molecule has 2 amide bonds. The molecule has 0 aliphatic heterocycles. The second-order valence-corrected chi connectivity index (χ2v) is 6.21. The number of carbonyl (C=O) groups is 2. The Morgan fingerprint density at radius 2 is 1.68 bits per heavy atom. The molecule has 6 nitrogen and oxygen atoms in total. The molecule has 0 bridgehead atoms. The molecule has 0 unspecified atom stereocenters. The van der Waals surface area contributed by atoms with Gasteiger partial charge >= 0.3 is 0 Å². The Labute approximate surface area is 154 Å². The summed E-state index contributed by atoms with van der Waals surface area (Å²) in [7, 11) is 3.01. The van der Waals surface area contributed by atoms with Crippen molar-refractivity contribution in [3.8, 4) is 11.5 Å². The van der Waals surface area contributed by atoms with Gasteiger partial charge in [0.15, 0.2) is 0 Å². The van der Waals surface area contributed by atoms with Crippen LogP contribution in [0.15, 0.2) is 40.9 Å². The summed E-state index contributed by atoms with van der Waals surface area (Å²) in [6, 6.07) is 10.4.